The van der Waals surface area contributed by atoms with E-state index in [4.69, 9.17) is 0 Å². The molecule has 0 saturated heterocycles. The van der Waals surface area contributed by atoms with Gasteiger partial charge in [-0.1, -0.05) is 36.3 Å². The van der Waals surface area contributed by atoms with Crippen molar-refractivity contribution in [3.63, 3.8) is 0 Å². The number of alkyl halides is 3. The Labute approximate surface area is 87.1 Å². The maximum Gasteiger partial charge on any atom is 0.457 e. The van der Waals surface area contributed by atoms with Gasteiger partial charge in [0.15, 0.2) is 0 Å². The summed E-state index contributed by atoms with van der Waals surface area (Å²) in [6.45, 7) is 0. The summed E-state index contributed by atoms with van der Waals surface area (Å²) >= 11 is 0. The van der Waals surface area contributed by atoms with Crippen molar-refractivity contribution in [3.8, 4) is 11.8 Å². The van der Waals surface area contributed by atoms with E-state index in [1.54, 1.807) is 0 Å². The molecule has 0 aliphatic heterocycles. The molecule has 1 rings (SSSR count). The van der Waals surface area contributed by atoms with Crippen LogP contribution in [0.5, 0.6) is 0 Å². The average Bonchev–Trinajstić information content (AvgIpc) is 2.17. The van der Waals surface area contributed by atoms with Crippen molar-refractivity contribution in [1.82, 2.24) is 0 Å². The Bertz CT molecular complexity index is 341. The molecule has 0 aromatic heterocycles. The number of hydrogen-bond donors (Lipinski definition) is 0. The molecule has 0 bridgehead atoms. The fourth-order valence-electron chi connectivity index (χ4n) is 1.19. The van der Waals surface area contributed by atoms with Crippen LogP contribution in [-0.4, -0.2) is 6.18 Å². The van der Waals surface area contributed by atoms with Gasteiger partial charge in [0.1, 0.15) is 0 Å². The summed E-state index contributed by atoms with van der Waals surface area (Å²) in [6.07, 6.45) is -2.64. The van der Waals surface area contributed by atoms with Gasteiger partial charge in [-0.15, -0.1) is 0 Å². The zero-order chi connectivity index (χ0) is 11.1. The normalized spacial score (nSPS) is 10.6. The summed E-state index contributed by atoms with van der Waals surface area (Å²) in [5.74, 6) is 3.38. The summed E-state index contributed by atoms with van der Waals surface area (Å²) < 4.78 is 34.9. The van der Waals surface area contributed by atoms with Crippen molar-refractivity contribution in [2.24, 2.45) is 0 Å². The molecule has 15 heavy (non-hydrogen) atoms. The second kappa shape index (κ2) is 5.45. The van der Waals surface area contributed by atoms with E-state index >= 15 is 0 Å². The molecule has 0 saturated carbocycles. The summed E-state index contributed by atoms with van der Waals surface area (Å²) in [5.41, 5.74) is 1.13. The first kappa shape index (κ1) is 11.6. The third-order valence-electron chi connectivity index (χ3n) is 1.84. The Balaban J connectivity index is 2.25. The van der Waals surface area contributed by atoms with E-state index in [0.29, 0.717) is 6.42 Å². The predicted molar refractivity (Wildman–Crippen MR) is 53.2 cm³/mol. The molecule has 0 nitrogen and oxygen atoms in total. The number of benzene rings is 1. The first-order valence-corrected chi connectivity index (χ1v) is 4.68. The summed E-state index contributed by atoms with van der Waals surface area (Å²) in [4.78, 5) is 0. The van der Waals surface area contributed by atoms with Crippen LogP contribution in [0.15, 0.2) is 30.3 Å². The van der Waals surface area contributed by atoms with Crippen molar-refractivity contribution in [2.45, 2.75) is 25.4 Å². The molecule has 0 radical (unpaired) electrons. The van der Waals surface area contributed by atoms with Crippen molar-refractivity contribution < 1.29 is 13.2 Å². The van der Waals surface area contributed by atoms with Gasteiger partial charge in [-0.3, -0.25) is 0 Å². The van der Waals surface area contributed by atoms with E-state index in [9.17, 15) is 13.2 Å². The van der Waals surface area contributed by atoms with Gasteiger partial charge in [-0.25, -0.2) is 0 Å². The second-order valence-electron chi connectivity index (χ2n) is 3.14. The highest BCUT2D eigenvalue weighted by molar-refractivity contribution is 5.15. The van der Waals surface area contributed by atoms with Gasteiger partial charge < -0.3 is 0 Å². The van der Waals surface area contributed by atoms with Crippen LogP contribution in [0.25, 0.3) is 0 Å². The van der Waals surface area contributed by atoms with E-state index in [1.807, 2.05) is 30.3 Å². The fourth-order valence-corrected chi connectivity index (χ4v) is 1.19. The van der Waals surface area contributed by atoms with E-state index in [2.05, 4.69) is 5.92 Å². The molecule has 3 heteroatoms. The van der Waals surface area contributed by atoms with Gasteiger partial charge in [-0.05, 0) is 18.4 Å². The predicted octanol–water partition coefficient (Wildman–Crippen LogP) is 3.58. The molecule has 0 N–H and O–H groups in total. The van der Waals surface area contributed by atoms with Crippen LogP contribution in [0.4, 0.5) is 13.2 Å². The first-order valence-electron chi connectivity index (χ1n) is 4.68. The molecule has 80 valence electrons. The molecule has 1 aromatic carbocycles. The topological polar surface area (TPSA) is 0 Å². The van der Waals surface area contributed by atoms with Crippen LogP contribution in [0.2, 0.25) is 0 Å². The average molecular weight is 212 g/mol. The Morgan fingerprint density at radius 3 is 2.33 bits per heavy atom. The summed E-state index contributed by atoms with van der Waals surface area (Å²) in [7, 11) is 0. The largest absolute Gasteiger partial charge is 0.457 e. The monoisotopic (exact) mass is 212 g/mol. The smallest absolute Gasteiger partial charge is 0.159 e. The lowest BCUT2D eigenvalue weighted by Crippen LogP contribution is -2.01. The van der Waals surface area contributed by atoms with Crippen molar-refractivity contribution in [3.05, 3.63) is 35.9 Å². The van der Waals surface area contributed by atoms with Crippen LogP contribution in [0.3, 0.4) is 0 Å². The lowest BCUT2D eigenvalue weighted by Gasteiger charge is -1.97. The van der Waals surface area contributed by atoms with Gasteiger partial charge in [0.05, 0.1) is 0 Å². The van der Waals surface area contributed by atoms with Crippen LogP contribution < -0.4 is 0 Å². The molecule has 1 aromatic rings. The molecule has 0 aliphatic carbocycles. The van der Waals surface area contributed by atoms with E-state index in [0.717, 1.165) is 12.0 Å². The van der Waals surface area contributed by atoms with Crippen molar-refractivity contribution in [1.29, 1.82) is 0 Å². The Hall–Kier alpha value is -1.43. The molecule has 0 unspecified atom stereocenters. The molecule has 0 amide bonds. The molecule has 0 atom stereocenters. The standard InChI is InChI=1S/C12H11F3/c13-12(14,15)10-6-2-5-9-11-7-3-1-4-8-11/h1,3-4,7-8H,2,5,9H2. The quantitative estimate of drug-likeness (QED) is 0.530. The highest BCUT2D eigenvalue weighted by Gasteiger charge is 2.22. The first-order chi connectivity index (χ1) is 7.08. The van der Waals surface area contributed by atoms with E-state index in [-0.39, 0.29) is 6.42 Å². The van der Waals surface area contributed by atoms with Gasteiger partial charge in [-0.2, -0.15) is 13.2 Å². The molecule has 0 spiro atoms. The van der Waals surface area contributed by atoms with Crippen LogP contribution in [-0.2, 0) is 6.42 Å². The minimum absolute atomic E-state index is 0.286. The minimum atomic E-state index is -4.35. The molecule has 0 fully saturated rings. The van der Waals surface area contributed by atoms with Crippen molar-refractivity contribution in [2.75, 3.05) is 0 Å². The number of unbranched alkanes of at least 4 members (excludes halogenated alkanes) is 1. The van der Waals surface area contributed by atoms with Gasteiger partial charge in [0.25, 0.3) is 0 Å². The molecule has 0 heterocycles. The number of halogens is 3. The van der Waals surface area contributed by atoms with Crippen LogP contribution in [0, 0.1) is 11.8 Å². The van der Waals surface area contributed by atoms with Gasteiger partial charge in [0.2, 0.25) is 0 Å². The maximum absolute atomic E-state index is 11.6. The van der Waals surface area contributed by atoms with Gasteiger partial charge >= 0.3 is 6.18 Å². The summed E-state index contributed by atoms with van der Waals surface area (Å²) in [6, 6.07) is 9.65. The third-order valence-corrected chi connectivity index (χ3v) is 1.84. The van der Waals surface area contributed by atoms with E-state index in [1.165, 1.54) is 5.92 Å². The number of aryl methyl sites for hydroxylation is 1. The Morgan fingerprint density at radius 1 is 1.07 bits per heavy atom. The molecular formula is C12H11F3. The maximum atomic E-state index is 11.6. The number of rotatable bonds is 3. The van der Waals surface area contributed by atoms with Crippen LogP contribution in [0.1, 0.15) is 18.4 Å². The Morgan fingerprint density at radius 2 is 1.73 bits per heavy atom. The fraction of sp³-hybridized carbons (Fsp3) is 0.333. The zero-order valence-corrected chi connectivity index (χ0v) is 8.14. The lowest BCUT2D eigenvalue weighted by molar-refractivity contribution is -0.0697. The van der Waals surface area contributed by atoms with Crippen LogP contribution >= 0.6 is 0 Å². The van der Waals surface area contributed by atoms with Crippen molar-refractivity contribution >= 4 is 0 Å². The molecule has 0 aliphatic rings. The number of hydrogen-bond acceptors (Lipinski definition) is 0. The van der Waals surface area contributed by atoms with Gasteiger partial charge in [0, 0.05) is 12.3 Å². The highest BCUT2D eigenvalue weighted by Crippen LogP contribution is 2.12. The Kier molecular flexibility index (Phi) is 4.23. The zero-order valence-electron chi connectivity index (χ0n) is 8.14. The lowest BCUT2D eigenvalue weighted by atomic mass is 10.1. The minimum Gasteiger partial charge on any atom is -0.159 e. The SMILES string of the molecule is FC(F)(F)C#CCCCc1ccccc1. The highest BCUT2D eigenvalue weighted by atomic mass is 19.4. The molecular weight excluding hydrogens is 201 g/mol. The van der Waals surface area contributed by atoms with E-state index < -0.39 is 6.18 Å². The second-order valence-corrected chi connectivity index (χ2v) is 3.14. The summed E-state index contributed by atoms with van der Waals surface area (Å²) in [5, 5.41) is 0. The third kappa shape index (κ3) is 5.79.